The Labute approximate surface area is 190 Å². The summed E-state index contributed by atoms with van der Waals surface area (Å²) in [5, 5.41) is 2.36. The van der Waals surface area contributed by atoms with Crippen molar-refractivity contribution in [3.63, 3.8) is 0 Å². The number of halogens is 3. The van der Waals surface area contributed by atoms with E-state index in [4.69, 9.17) is 4.74 Å². The quantitative estimate of drug-likeness (QED) is 0.441. The molecule has 0 saturated heterocycles. The monoisotopic (exact) mass is 469 g/mol. The molecule has 0 heterocycles. The number of fused-ring (bicyclic) bond motifs is 2. The molecule has 4 rings (SSSR count). The average Bonchev–Trinajstić information content (AvgIpc) is 2.81. The minimum atomic E-state index is -4.84. The van der Waals surface area contributed by atoms with Crippen molar-refractivity contribution in [2.24, 2.45) is 0 Å². The molecule has 0 saturated carbocycles. The van der Waals surface area contributed by atoms with Gasteiger partial charge in [0.25, 0.3) is 5.91 Å². The zero-order valence-electron chi connectivity index (χ0n) is 17.1. The van der Waals surface area contributed by atoms with Crippen molar-refractivity contribution in [2.45, 2.75) is 6.36 Å². The Kier molecular flexibility index (Phi) is 5.89. The van der Waals surface area contributed by atoms with Crippen LogP contribution in [0.3, 0.4) is 0 Å². The number of ketones is 2. The summed E-state index contributed by atoms with van der Waals surface area (Å²) in [6.45, 7) is -0.734. The van der Waals surface area contributed by atoms with E-state index in [1.54, 1.807) is 12.1 Å². The SMILES string of the molecule is O=C(COC(=O)c1cccc2c1C(=O)c1ccccc1C2=O)Nc1ccc(OC(F)(F)F)cc1. The molecule has 0 aliphatic heterocycles. The minimum Gasteiger partial charge on any atom is -0.452 e. The number of anilines is 1. The number of amides is 1. The van der Waals surface area contributed by atoms with E-state index >= 15 is 0 Å². The summed E-state index contributed by atoms with van der Waals surface area (Å²) < 4.78 is 45.4. The predicted molar refractivity (Wildman–Crippen MR) is 112 cm³/mol. The molecule has 0 unspecified atom stereocenters. The van der Waals surface area contributed by atoms with E-state index in [1.165, 1.54) is 42.5 Å². The van der Waals surface area contributed by atoms with Gasteiger partial charge in [-0.1, -0.05) is 36.4 Å². The first-order valence-corrected chi connectivity index (χ1v) is 9.78. The lowest BCUT2D eigenvalue weighted by Crippen LogP contribution is -2.26. The van der Waals surface area contributed by atoms with Crippen LogP contribution in [0, 0.1) is 0 Å². The molecule has 0 atom stereocenters. The van der Waals surface area contributed by atoms with Gasteiger partial charge in [-0.3, -0.25) is 14.4 Å². The van der Waals surface area contributed by atoms with Gasteiger partial charge in [-0.2, -0.15) is 0 Å². The number of carbonyl (C=O) groups excluding carboxylic acids is 4. The first kappa shape index (κ1) is 22.7. The molecular formula is C24H14F3NO6. The fourth-order valence-electron chi connectivity index (χ4n) is 3.46. The summed E-state index contributed by atoms with van der Waals surface area (Å²) in [5.74, 6) is -3.14. The molecule has 1 aliphatic rings. The second-order valence-corrected chi connectivity index (χ2v) is 7.13. The van der Waals surface area contributed by atoms with Crippen LogP contribution < -0.4 is 10.1 Å². The summed E-state index contributed by atoms with van der Waals surface area (Å²) in [4.78, 5) is 50.4. The molecule has 10 heteroatoms. The Morgan fingerprint density at radius 2 is 1.41 bits per heavy atom. The van der Waals surface area contributed by atoms with Gasteiger partial charge in [-0.25, -0.2) is 4.79 Å². The number of hydrogen-bond acceptors (Lipinski definition) is 6. The van der Waals surface area contributed by atoms with E-state index in [0.717, 1.165) is 12.1 Å². The van der Waals surface area contributed by atoms with Crippen molar-refractivity contribution < 1.29 is 41.8 Å². The number of nitrogens with one attached hydrogen (secondary N) is 1. The lowest BCUT2D eigenvalue weighted by Gasteiger charge is -2.19. The number of alkyl halides is 3. The van der Waals surface area contributed by atoms with Crippen LogP contribution in [0.5, 0.6) is 5.75 Å². The second-order valence-electron chi connectivity index (χ2n) is 7.13. The molecule has 0 aromatic heterocycles. The van der Waals surface area contributed by atoms with Gasteiger partial charge < -0.3 is 14.8 Å². The number of benzene rings is 3. The summed E-state index contributed by atoms with van der Waals surface area (Å²) in [6, 6.07) is 14.8. The van der Waals surface area contributed by atoms with E-state index in [2.05, 4.69) is 10.1 Å². The zero-order valence-corrected chi connectivity index (χ0v) is 17.1. The Balaban J connectivity index is 1.44. The number of hydrogen-bond donors (Lipinski definition) is 1. The van der Waals surface area contributed by atoms with Gasteiger partial charge in [-0.15, -0.1) is 13.2 Å². The second kappa shape index (κ2) is 8.81. The minimum absolute atomic E-state index is 0.0590. The van der Waals surface area contributed by atoms with Crippen molar-refractivity contribution in [3.8, 4) is 5.75 Å². The van der Waals surface area contributed by atoms with Crippen molar-refractivity contribution >= 4 is 29.1 Å². The van der Waals surface area contributed by atoms with Crippen molar-refractivity contribution in [1.29, 1.82) is 0 Å². The fraction of sp³-hybridized carbons (Fsp3) is 0.0833. The highest BCUT2D eigenvalue weighted by molar-refractivity contribution is 6.30. The smallest absolute Gasteiger partial charge is 0.452 e. The highest BCUT2D eigenvalue weighted by atomic mass is 19.4. The van der Waals surface area contributed by atoms with Crippen LogP contribution >= 0.6 is 0 Å². The lowest BCUT2D eigenvalue weighted by atomic mass is 9.82. The number of esters is 1. The van der Waals surface area contributed by atoms with Crippen LogP contribution in [0.4, 0.5) is 18.9 Å². The summed E-state index contributed by atoms with van der Waals surface area (Å²) in [7, 11) is 0. The van der Waals surface area contributed by atoms with E-state index in [1.807, 2.05) is 0 Å². The first-order chi connectivity index (χ1) is 16.1. The Hall–Kier alpha value is -4.47. The molecule has 1 N–H and O–H groups in total. The Bertz CT molecular complexity index is 1320. The summed E-state index contributed by atoms with van der Waals surface area (Å²) in [5.41, 5.74) is 0.338. The maximum atomic E-state index is 13.0. The highest BCUT2D eigenvalue weighted by Gasteiger charge is 2.33. The Morgan fingerprint density at radius 3 is 2.06 bits per heavy atom. The van der Waals surface area contributed by atoms with Gasteiger partial charge in [0.2, 0.25) is 0 Å². The summed E-state index contributed by atoms with van der Waals surface area (Å²) in [6.07, 6.45) is -4.84. The molecule has 0 radical (unpaired) electrons. The number of carbonyl (C=O) groups is 4. The van der Waals surface area contributed by atoms with Crippen molar-refractivity contribution in [1.82, 2.24) is 0 Å². The van der Waals surface area contributed by atoms with Gasteiger partial charge in [0.15, 0.2) is 18.2 Å². The third-order valence-corrected chi connectivity index (χ3v) is 4.88. The standard InChI is InChI=1S/C24H14F3NO6/c25-24(26,27)34-14-10-8-13(9-11-14)28-19(29)12-33-23(32)18-7-3-6-17-20(18)22(31)16-5-2-1-4-15(16)21(17)30/h1-11H,12H2,(H,28,29). The van der Waals surface area contributed by atoms with Crippen LogP contribution in [0.1, 0.15) is 42.2 Å². The molecule has 7 nitrogen and oxygen atoms in total. The maximum absolute atomic E-state index is 13.0. The molecule has 1 aliphatic carbocycles. The molecular weight excluding hydrogens is 455 g/mol. The van der Waals surface area contributed by atoms with E-state index in [0.29, 0.717) is 0 Å². The molecule has 0 spiro atoms. The molecule has 3 aromatic rings. The number of rotatable bonds is 5. The average molecular weight is 469 g/mol. The van der Waals surface area contributed by atoms with Crippen molar-refractivity contribution in [3.05, 3.63) is 94.5 Å². The largest absolute Gasteiger partial charge is 0.573 e. The third-order valence-electron chi connectivity index (χ3n) is 4.88. The molecule has 0 fully saturated rings. The predicted octanol–water partition coefficient (Wildman–Crippen LogP) is 4.16. The summed E-state index contributed by atoms with van der Waals surface area (Å²) >= 11 is 0. The molecule has 1 amide bonds. The van der Waals surface area contributed by atoms with Crippen LogP contribution in [-0.2, 0) is 9.53 Å². The number of ether oxygens (including phenoxy) is 2. The van der Waals surface area contributed by atoms with E-state index < -0.39 is 42.2 Å². The third kappa shape index (κ3) is 4.65. The molecule has 3 aromatic carbocycles. The van der Waals surface area contributed by atoms with E-state index in [9.17, 15) is 32.3 Å². The zero-order chi connectivity index (χ0) is 24.5. The van der Waals surface area contributed by atoms with Crippen molar-refractivity contribution in [2.75, 3.05) is 11.9 Å². The molecule has 0 bridgehead atoms. The maximum Gasteiger partial charge on any atom is 0.573 e. The van der Waals surface area contributed by atoms with Gasteiger partial charge in [0.1, 0.15) is 5.75 Å². The van der Waals surface area contributed by atoms with Crippen LogP contribution in [0.15, 0.2) is 66.7 Å². The van der Waals surface area contributed by atoms with Gasteiger partial charge >= 0.3 is 12.3 Å². The fourth-order valence-corrected chi connectivity index (χ4v) is 3.46. The highest BCUT2D eigenvalue weighted by Crippen LogP contribution is 2.30. The topological polar surface area (TPSA) is 98.8 Å². The first-order valence-electron chi connectivity index (χ1n) is 9.78. The normalized spacial score (nSPS) is 12.4. The van der Waals surface area contributed by atoms with Gasteiger partial charge in [0.05, 0.1) is 5.56 Å². The van der Waals surface area contributed by atoms with Crippen LogP contribution in [0.25, 0.3) is 0 Å². The lowest BCUT2D eigenvalue weighted by molar-refractivity contribution is -0.274. The van der Waals surface area contributed by atoms with Gasteiger partial charge in [0, 0.05) is 27.9 Å². The Morgan fingerprint density at radius 1 is 0.794 bits per heavy atom. The van der Waals surface area contributed by atoms with Crippen LogP contribution in [0.2, 0.25) is 0 Å². The van der Waals surface area contributed by atoms with E-state index in [-0.39, 0.29) is 33.5 Å². The molecule has 172 valence electrons. The van der Waals surface area contributed by atoms with Crippen LogP contribution in [-0.4, -0.2) is 36.4 Å². The molecule has 34 heavy (non-hydrogen) atoms. The van der Waals surface area contributed by atoms with Gasteiger partial charge in [-0.05, 0) is 30.3 Å².